The summed E-state index contributed by atoms with van der Waals surface area (Å²) in [6.45, 7) is 8.14. The lowest BCUT2D eigenvalue weighted by molar-refractivity contribution is -0.131. The first-order valence-corrected chi connectivity index (χ1v) is 12.6. The van der Waals surface area contributed by atoms with Gasteiger partial charge in [0.1, 0.15) is 5.82 Å². The fraction of sp³-hybridized carbons (Fsp3) is 0.321. The van der Waals surface area contributed by atoms with Crippen molar-refractivity contribution in [1.29, 1.82) is 0 Å². The molecule has 198 valence electrons. The van der Waals surface area contributed by atoms with Crippen molar-refractivity contribution in [1.82, 2.24) is 19.9 Å². The highest BCUT2D eigenvalue weighted by Gasteiger charge is 2.21. The van der Waals surface area contributed by atoms with E-state index in [-0.39, 0.29) is 12.5 Å². The second kappa shape index (κ2) is 12.3. The number of piperazine rings is 1. The van der Waals surface area contributed by atoms with E-state index in [0.29, 0.717) is 19.0 Å². The van der Waals surface area contributed by atoms with Gasteiger partial charge in [-0.1, -0.05) is 18.2 Å². The minimum Gasteiger partial charge on any atom is -0.478 e. The molecule has 1 aliphatic rings. The van der Waals surface area contributed by atoms with Crippen molar-refractivity contribution in [2.24, 2.45) is 5.73 Å². The molecule has 0 bridgehead atoms. The third kappa shape index (κ3) is 6.51. The van der Waals surface area contributed by atoms with Crippen LogP contribution in [0, 0.1) is 6.92 Å². The summed E-state index contributed by atoms with van der Waals surface area (Å²) < 4.78 is 0. The molecule has 0 atom stereocenters. The summed E-state index contributed by atoms with van der Waals surface area (Å²) in [6.07, 6.45) is 8.03. The molecule has 2 aromatic heterocycles. The van der Waals surface area contributed by atoms with Crippen molar-refractivity contribution in [3.05, 3.63) is 71.7 Å². The molecule has 1 fully saturated rings. The minimum atomic E-state index is -0.981. The smallest absolute Gasteiger partial charge is 0.328 e. The Hall–Kier alpha value is -4.31. The Balaban J connectivity index is 1.38. The van der Waals surface area contributed by atoms with Gasteiger partial charge in [-0.05, 0) is 54.3 Å². The SMILES string of the molecule is CCN(Cc1cccc(-c2cnc(N3CCN(c4ncc(/C=C/C(=O)O)cc4C)CC3)nc2)c1)C(=O)CN. The maximum Gasteiger partial charge on any atom is 0.328 e. The van der Waals surface area contributed by atoms with Crippen molar-refractivity contribution < 1.29 is 14.7 Å². The predicted molar refractivity (Wildman–Crippen MR) is 148 cm³/mol. The second-order valence-corrected chi connectivity index (χ2v) is 9.14. The van der Waals surface area contributed by atoms with Gasteiger partial charge in [0.2, 0.25) is 11.9 Å². The number of carbonyl (C=O) groups is 2. The van der Waals surface area contributed by atoms with Gasteiger partial charge in [0.25, 0.3) is 0 Å². The van der Waals surface area contributed by atoms with Gasteiger partial charge in [0, 0.05) is 69.5 Å². The summed E-state index contributed by atoms with van der Waals surface area (Å²) in [5.74, 6) is 0.546. The van der Waals surface area contributed by atoms with Crippen LogP contribution in [0.2, 0.25) is 0 Å². The molecule has 38 heavy (non-hydrogen) atoms. The Morgan fingerprint density at radius 3 is 2.37 bits per heavy atom. The first-order valence-electron chi connectivity index (χ1n) is 12.6. The molecule has 0 spiro atoms. The minimum absolute atomic E-state index is 0.00564. The number of amides is 1. The molecule has 3 aromatic rings. The Morgan fingerprint density at radius 2 is 1.74 bits per heavy atom. The van der Waals surface area contributed by atoms with Crippen LogP contribution in [0.15, 0.2) is 55.0 Å². The zero-order valence-electron chi connectivity index (χ0n) is 21.7. The number of nitrogens with zero attached hydrogens (tertiary/aromatic N) is 6. The third-order valence-corrected chi connectivity index (χ3v) is 6.53. The molecule has 0 aliphatic carbocycles. The number of likely N-dealkylation sites (N-methyl/N-ethyl adjacent to an activating group) is 1. The standard InChI is InChI=1S/C28H33N7O3/c1-3-33(25(36)15-29)19-22-5-4-6-23(14-22)24-17-31-28(32-18-24)35-11-9-34(10-12-35)27-20(2)13-21(16-30-27)7-8-26(37)38/h4-8,13-14,16-18H,3,9-12,15,19,29H2,1-2H3,(H,37,38)/b8-7+. The van der Waals surface area contributed by atoms with E-state index in [4.69, 9.17) is 10.8 Å². The van der Waals surface area contributed by atoms with E-state index in [0.717, 1.165) is 65.9 Å². The summed E-state index contributed by atoms with van der Waals surface area (Å²) in [7, 11) is 0. The fourth-order valence-corrected chi connectivity index (χ4v) is 4.51. The molecule has 1 saturated heterocycles. The van der Waals surface area contributed by atoms with Crippen molar-refractivity contribution in [3.8, 4) is 11.1 Å². The number of aryl methyl sites for hydroxylation is 1. The van der Waals surface area contributed by atoms with Crippen LogP contribution < -0.4 is 15.5 Å². The number of carboxylic acid groups (broad SMARTS) is 1. The molecule has 0 saturated carbocycles. The molecule has 0 radical (unpaired) electrons. The molecule has 10 nitrogen and oxygen atoms in total. The van der Waals surface area contributed by atoms with Gasteiger partial charge in [-0.2, -0.15) is 0 Å². The second-order valence-electron chi connectivity index (χ2n) is 9.14. The highest BCUT2D eigenvalue weighted by Crippen LogP contribution is 2.24. The summed E-state index contributed by atoms with van der Waals surface area (Å²) in [5, 5.41) is 8.82. The highest BCUT2D eigenvalue weighted by molar-refractivity contribution is 5.85. The van der Waals surface area contributed by atoms with Crippen LogP contribution >= 0.6 is 0 Å². The number of anilines is 2. The average molecular weight is 516 g/mol. The zero-order chi connectivity index (χ0) is 27.1. The number of rotatable bonds is 9. The molecular weight excluding hydrogens is 482 g/mol. The van der Waals surface area contributed by atoms with Gasteiger partial charge in [0.15, 0.2) is 0 Å². The van der Waals surface area contributed by atoms with E-state index in [1.54, 1.807) is 17.2 Å². The Morgan fingerprint density at radius 1 is 1.03 bits per heavy atom. The molecular formula is C28H33N7O3. The zero-order valence-corrected chi connectivity index (χ0v) is 21.7. The first kappa shape index (κ1) is 26.7. The lowest BCUT2D eigenvalue weighted by atomic mass is 10.1. The first-order chi connectivity index (χ1) is 18.4. The summed E-state index contributed by atoms with van der Waals surface area (Å²) in [6, 6.07) is 9.99. The average Bonchev–Trinajstić information content (AvgIpc) is 2.95. The fourth-order valence-electron chi connectivity index (χ4n) is 4.51. The quantitative estimate of drug-likeness (QED) is 0.413. The van der Waals surface area contributed by atoms with Gasteiger partial charge in [-0.15, -0.1) is 0 Å². The monoisotopic (exact) mass is 515 g/mol. The normalized spacial score (nSPS) is 13.7. The largest absolute Gasteiger partial charge is 0.478 e. The number of aromatic nitrogens is 3. The van der Waals surface area contributed by atoms with E-state index in [1.807, 2.05) is 50.5 Å². The number of hydrogen-bond donors (Lipinski definition) is 2. The van der Waals surface area contributed by atoms with Crippen molar-refractivity contribution >= 4 is 29.7 Å². The van der Waals surface area contributed by atoms with Crippen LogP contribution in [0.3, 0.4) is 0 Å². The molecule has 3 heterocycles. The summed E-state index contributed by atoms with van der Waals surface area (Å²) in [5.41, 5.74) is 10.2. The van der Waals surface area contributed by atoms with Crippen LogP contribution in [0.5, 0.6) is 0 Å². The van der Waals surface area contributed by atoms with E-state index in [2.05, 4.69) is 30.8 Å². The van der Waals surface area contributed by atoms with Crippen LogP contribution in [0.25, 0.3) is 17.2 Å². The van der Waals surface area contributed by atoms with E-state index in [9.17, 15) is 9.59 Å². The number of hydrogen-bond acceptors (Lipinski definition) is 8. The van der Waals surface area contributed by atoms with E-state index < -0.39 is 5.97 Å². The van der Waals surface area contributed by atoms with Gasteiger partial charge in [-0.25, -0.2) is 19.7 Å². The Labute approximate surface area is 222 Å². The summed E-state index contributed by atoms with van der Waals surface area (Å²) >= 11 is 0. The van der Waals surface area contributed by atoms with E-state index >= 15 is 0 Å². The van der Waals surface area contributed by atoms with Crippen molar-refractivity contribution in [3.63, 3.8) is 0 Å². The van der Waals surface area contributed by atoms with Gasteiger partial charge in [0.05, 0.1) is 6.54 Å². The lowest BCUT2D eigenvalue weighted by Crippen LogP contribution is -2.47. The highest BCUT2D eigenvalue weighted by atomic mass is 16.4. The van der Waals surface area contributed by atoms with Gasteiger partial charge < -0.3 is 25.5 Å². The molecule has 4 rings (SSSR count). The number of pyridine rings is 1. The molecule has 1 amide bonds. The molecule has 1 aliphatic heterocycles. The number of nitrogens with two attached hydrogens (primary N) is 1. The number of benzene rings is 1. The van der Waals surface area contributed by atoms with Gasteiger partial charge in [-0.3, -0.25) is 4.79 Å². The number of aliphatic carboxylic acids is 1. The van der Waals surface area contributed by atoms with E-state index in [1.165, 1.54) is 0 Å². The van der Waals surface area contributed by atoms with Crippen LogP contribution in [0.1, 0.15) is 23.6 Å². The number of carbonyl (C=O) groups excluding carboxylic acids is 1. The van der Waals surface area contributed by atoms with Crippen LogP contribution in [-0.4, -0.2) is 76.1 Å². The summed E-state index contributed by atoms with van der Waals surface area (Å²) in [4.78, 5) is 42.7. The topological polar surface area (TPSA) is 129 Å². The van der Waals surface area contributed by atoms with Gasteiger partial charge >= 0.3 is 5.97 Å². The van der Waals surface area contributed by atoms with Crippen LogP contribution in [-0.2, 0) is 16.1 Å². The molecule has 10 heteroatoms. The lowest BCUT2D eigenvalue weighted by Gasteiger charge is -2.36. The predicted octanol–water partition coefficient (Wildman–Crippen LogP) is 2.58. The maximum atomic E-state index is 12.0. The Kier molecular flexibility index (Phi) is 8.65. The molecule has 1 aromatic carbocycles. The third-order valence-electron chi connectivity index (χ3n) is 6.53. The Bertz CT molecular complexity index is 1300. The van der Waals surface area contributed by atoms with Crippen LogP contribution in [0.4, 0.5) is 11.8 Å². The molecule has 3 N–H and O–H groups in total. The van der Waals surface area contributed by atoms with Crippen molar-refractivity contribution in [2.45, 2.75) is 20.4 Å². The molecule has 0 unspecified atom stereocenters. The maximum absolute atomic E-state index is 12.0. The number of carboxylic acids is 1. The van der Waals surface area contributed by atoms with Crippen molar-refractivity contribution in [2.75, 3.05) is 49.1 Å².